The summed E-state index contributed by atoms with van der Waals surface area (Å²) < 4.78 is 34.1. The predicted molar refractivity (Wildman–Crippen MR) is 101 cm³/mol. The van der Waals surface area contributed by atoms with Crippen molar-refractivity contribution in [3.05, 3.63) is 23.0 Å². The Hall–Kier alpha value is -1.64. The Morgan fingerprint density at radius 1 is 1.26 bits per heavy atom. The van der Waals surface area contributed by atoms with Crippen LogP contribution in [0.25, 0.3) is 11.1 Å². The van der Waals surface area contributed by atoms with Crippen LogP contribution in [-0.4, -0.2) is 54.2 Å². The van der Waals surface area contributed by atoms with Crippen LogP contribution in [0.2, 0.25) is 5.02 Å². The Kier molecular flexibility index (Phi) is 4.29. The van der Waals surface area contributed by atoms with E-state index in [1.807, 2.05) is 20.8 Å². The van der Waals surface area contributed by atoms with Gasteiger partial charge in [0.1, 0.15) is 10.4 Å². The molecule has 0 N–H and O–H groups in total. The van der Waals surface area contributed by atoms with Gasteiger partial charge < -0.3 is 9.32 Å². The number of nitrogens with zero attached hydrogens (tertiary/aromatic N) is 3. The quantitative estimate of drug-likeness (QED) is 0.758. The summed E-state index contributed by atoms with van der Waals surface area (Å²) in [4.78, 5) is 18.1. The van der Waals surface area contributed by atoms with E-state index >= 15 is 0 Å². The lowest BCUT2D eigenvalue weighted by Gasteiger charge is -2.36. The Balaban J connectivity index is 1.77. The lowest BCUT2D eigenvalue weighted by atomic mass is 9.97. The zero-order valence-electron chi connectivity index (χ0n) is 15.5. The molecule has 0 aliphatic carbocycles. The maximum absolute atomic E-state index is 13.4. The minimum Gasteiger partial charge on any atom is -0.439 e. The van der Waals surface area contributed by atoms with Crippen LogP contribution >= 0.6 is 11.6 Å². The zero-order chi connectivity index (χ0) is 19.6. The molecule has 7 nitrogen and oxygen atoms in total. The molecule has 146 valence electrons. The Labute approximate surface area is 163 Å². The van der Waals surface area contributed by atoms with Gasteiger partial charge in [0.05, 0.1) is 5.02 Å². The lowest BCUT2D eigenvalue weighted by molar-refractivity contribution is -0.130. The summed E-state index contributed by atoms with van der Waals surface area (Å²) >= 11 is 6.31. The number of benzene rings is 1. The average Bonchev–Trinajstić information content (AvgIpc) is 3.18. The molecule has 2 aliphatic heterocycles. The minimum absolute atomic E-state index is 0.0394. The number of sulfonamides is 1. The van der Waals surface area contributed by atoms with Crippen molar-refractivity contribution in [2.24, 2.45) is 0 Å². The van der Waals surface area contributed by atoms with E-state index in [1.54, 1.807) is 17.0 Å². The van der Waals surface area contributed by atoms with Crippen molar-refractivity contribution in [1.29, 1.82) is 0 Å². The summed E-state index contributed by atoms with van der Waals surface area (Å²) in [7, 11) is -3.88. The second-order valence-electron chi connectivity index (χ2n) is 8.14. The van der Waals surface area contributed by atoms with Gasteiger partial charge in [-0.3, -0.25) is 4.79 Å². The molecule has 4 rings (SSSR count). The van der Waals surface area contributed by atoms with E-state index in [-0.39, 0.29) is 46.0 Å². The van der Waals surface area contributed by atoms with E-state index in [4.69, 9.17) is 16.0 Å². The molecule has 1 amide bonds. The van der Waals surface area contributed by atoms with Crippen molar-refractivity contribution in [1.82, 2.24) is 14.2 Å². The molecular weight excluding hydrogens is 390 g/mol. The third-order valence-corrected chi connectivity index (χ3v) is 7.52. The standard InChI is InChI=1S/C18H22ClN3O4S/c1-18(2,3)17-20-13-6-5-12(19)16(15(13)26-17)27(24,25)21-8-9-22-11(10-21)4-7-14(22)23/h5-6,11H,4,7-10H2,1-3H3. The number of rotatable bonds is 2. The first kappa shape index (κ1) is 18.7. The van der Waals surface area contributed by atoms with E-state index in [2.05, 4.69) is 4.98 Å². The normalized spacial score (nSPS) is 21.9. The van der Waals surface area contributed by atoms with Gasteiger partial charge in [0.25, 0.3) is 0 Å². The van der Waals surface area contributed by atoms with Gasteiger partial charge >= 0.3 is 0 Å². The maximum atomic E-state index is 13.4. The van der Waals surface area contributed by atoms with Crippen molar-refractivity contribution in [3.63, 3.8) is 0 Å². The van der Waals surface area contributed by atoms with Crippen LogP contribution in [-0.2, 0) is 20.2 Å². The van der Waals surface area contributed by atoms with E-state index in [0.29, 0.717) is 30.8 Å². The molecule has 1 unspecified atom stereocenters. The number of piperazine rings is 1. The molecule has 0 bridgehead atoms. The van der Waals surface area contributed by atoms with Crippen LogP contribution in [0.4, 0.5) is 0 Å². The number of hydrogen-bond acceptors (Lipinski definition) is 5. The summed E-state index contributed by atoms with van der Waals surface area (Å²) in [5, 5.41) is 0.115. The highest BCUT2D eigenvalue weighted by atomic mass is 35.5. The third kappa shape index (κ3) is 3.03. The number of oxazole rings is 1. The fraction of sp³-hybridized carbons (Fsp3) is 0.556. The number of carbonyl (C=O) groups excluding carboxylic acids is 1. The lowest BCUT2D eigenvalue weighted by Crippen LogP contribution is -2.53. The molecule has 3 heterocycles. The van der Waals surface area contributed by atoms with Crippen molar-refractivity contribution in [2.75, 3.05) is 19.6 Å². The van der Waals surface area contributed by atoms with E-state index in [0.717, 1.165) is 0 Å². The molecule has 2 aromatic rings. The van der Waals surface area contributed by atoms with Crippen LogP contribution in [0.3, 0.4) is 0 Å². The molecule has 2 aliphatic rings. The summed E-state index contributed by atoms with van der Waals surface area (Å²) in [6, 6.07) is 3.14. The average molecular weight is 412 g/mol. The zero-order valence-corrected chi connectivity index (χ0v) is 17.1. The van der Waals surface area contributed by atoms with Crippen molar-refractivity contribution >= 4 is 38.6 Å². The highest BCUT2D eigenvalue weighted by Gasteiger charge is 2.41. The van der Waals surface area contributed by atoms with Gasteiger partial charge in [-0.25, -0.2) is 13.4 Å². The van der Waals surface area contributed by atoms with Crippen LogP contribution < -0.4 is 0 Å². The van der Waals surface area contributed by atoms with Gasteiger partial charge in [-0.1, -0.05) is 32.4 Å². The first-order valence-corrected chi connectivity index (χ1v) is 10.8. The van der Waals surface area contributed by atoms with Crippen molar-refractivity contribution in [3.8, 4) is 0 Å². The monoisotopic (exact) mass is 411 g/mol. The number of hydrogen-bond donors (Lipinski definition) is 0. The molecule has 9 heteroatoms. The number of carbonyl (C=O) groups is 1. The smallest absolute Gasteiger partial charge is 0.248 e. The first-order chi connectivity index (χ1) is 12.6. The molecule has 2 fully saturated rings. The minimum atomic E-state index is -3.88. The van der Waals surface area contributed by atoms with Crippen LogP contribution in [0.15, 0.2) is 21.4 Å². The van der Waals surface area contributed by atoms with Crippen LogP contribution in [0.1, 0.15) is 39.5 Å². The SMILES string of the molecule is CC(C)(C)c1nc2ccc(Cl)c(S(=O)(=O)N3CCN4C(=O)CCC4C3)c2o1. The van der Waals surface area contributed by atoms with Crippen LogP contribution in [0, 0.1) is 0 Å². The van der Waals surface area contributed by atoms with Crippen molar-refractivity contribution < 1.29 is 17.6 Å². The van der Waals surface area contributed by atoms with Gasteiger partial charge in [0.2, 0.25) is 21.8 Å². The summed E-state index contributed by atoms with van der Waals surface area (Å²) in [5.41, 5.74) is 0.303. The molecule has 0 radical (unpaired) electrons. The first-order valence-electron chi connectivity index (χ1n) is 8.98. The van der Waals surface area contributed by atoms with Crippen molar-refractivity contribution in [2.45, 2.75) is 50.0 Å². The second-order valence-corrected chi connectivity index (χ2v) is 10.4. The van der Waals surface area contributed by atoms with Gasteiger partial charge in [-0.05, 0) is 18.6 Å². The highest BCUT2D eigenvalue weighted by molar-refractivity contribution is 7.89. The number of amides is 1. The summed E-state index contributed by atoms with van der Waals surface area (Å²) in [5.74, 6) is 0.560. The number of fused-ring (bicyclic) bond motifs is 2. The van der Waals surface area contributed by atoms with Gasteiger partial charge in [0.15, 0.2) is 5.58 Å². The topological polar surface area (TPSA) is 83.7 Å². The second kappa shape index (κ2) is 6.18. The summed E-state index contributed by atoms with van der Waals surface area (Å²) in [6.07, 6.45) is 1.16. The largest absolute Gasteiger partial charge is 0.439 e. The van der Waals surface area contributed by atoms with E-state index < -0.39 is 10.0 Å². The molecule has 1 aromatic heterocycles. The molecule has 27 heavy (non-hydrogen) atoms. The molecule has 0 saturated carbocycles. The Morgan fingerprint density at radius 3 is 2.70 bits per heavy atom. The Morgan fingerprint density at radius 2 is 2.00 bits per heavy atom. The number of halogens is 1. The number of aromatic nitrogens is 1. The molecule has 1 atom stereocenters. The van der Waals surface area contributed by atoms with E-state index in [1.165, 1.54) is 4.31 Å². The van der Waals surface area contributed by atoms with Gasteiger partial charge in [-0.15, -0.1) is 0 Å². The van der Waals surface area contributed by atoms with E-state index in [9.17, 15) is 13.2 Å². The fourth-order valence-electron chi connectivity index (χ4n) is 3.69. The maximum Gasteiger partial charge on any atom is 0.248 e. The van der Waals surface area contributed by atoms with Crippen LogP contribution in [0.5, 0.6) is 0 Å². The molecule has 1 aromatic carbocycles. The summed E-state index contributed by atoms with van der Waals surface area (Å²) in [6.45, 7) is 6.77. The molecule has 2 saturated heterocycles. The third-order valence-electron chi connectivity index (χ3n) is 5.16. The highest BCUT2D eigenvalue weighted by Crippen LogP contribution is 2.36. The Bertz CT molecular complexity index is 1030. The van der Waals surface area contributed by atoms with Gasteiger partial charge in [-0.2, -0.15) is 4.31 Å². The molecular formula is C18H22ClN3O4S. The molecule has 0 spiro atoms. The predicted octanol–water partition coefficient (Wildman–Crippen LogP) is 2.77. The van der Waals surface area contributed by atoms with Gasteiger partial charge in [0, 0.05) is 37.5 Å². The fourth-order valence-corrected chi connectivity index (χ4v) is 5.77.